The first-order valence-electron chi connectivity index (χ1n) is 7.00. The highest BCUT2D eigenvalue weighted by Crippen LogP contribution is 2.17. The molecule has 0 aliphatic heterocycles. The van der Waals surface area contributed by atoms with Crippen LogP contribution in [-0.4, -0.2) is 10.5 Å². The van der Waals surface area contributed by atoms with Crippen LogP contribution in [0.25, 0.3) is 11.1 Å². The van der Waals surface area contributed by atoms with Crippen molar-refractivity contribution in [3.63, 3.8) is 0 Å². The van der Waals surface area contributed by atoms with Crippen molar-refractivity contribution in [2.75, 3.05) is 5.32 Å². The normalized spacial score (nSPS) is 10.8. The van der Waals surface area contributed by atoms with Crippen LogP contribution >= 0.6 is 0 Å². The molecular formula is C17H16N2O3. The Morgan fingerprint density at radius 2 is 1.95 bits per heavy atom. The topological polar surface area (TPSA) is 64.2 Å². The van der Waals surface area contributed by atoms with Gasteiger partial charge in [-0.25, -0.2) is 4.79 Å². The second-order valence-corrected chi connectivity index (χ2v) is 5.29. The van der Waals surface area contributed by atoms with Crippen LogP contribution in [0.3, 0.4) is 0 Å². The van der Waals surface area contributed by atoms with Gasteiger partial charge >= 0.3 is 5.76 Å². The summed E-state index contributed by atoms with van der Waals surface area (Å²) in [7, 11) is 0. The Kier molecular flexibility index (Phi) is 3.55. The summed E-state index contributed by atoms with van der Waals surface area (Å²) in [5.41, 5.74) is 3.89. The first-order valence-corrected chi connectivity index (χ1v) is 7.00. The van der Waals surface area contributed by atoms with E-state index in [1.165, 1.54) is 4.57 Å². The third-order valence-corrected chi connectivity index (χ3v) is 3.54. The first-order chi connectivity index (χ1) is 10.5. The molecule has 0 spiro atoms. The number of nitrogens with one attached hydrogen (secondary N) is 1. The molecule has 1 heterocycles. The highest BCUT2D eigenvalue weighted by atomic mass is 16.4. The zero-order valence-corrected chi connectivity index (χ0v) is 12.4. The number of aromatic nitrogens is 1. The molecule has 0 atom stereocenters. The van der Waals surface area contributed by atoms with Crippen molar-refractivity contribution in [1.82, 2.24) is 4.57 Å². The zero-order chi connectivity index (χ0) is 15.7. The number of benzene rings is 2. The Bertz CT molecular complexity index is 906. The van der Waals surface area contributed by atoms with Crippen molar-refractivity contribution in [2.45, 2.75) is 20.4 Å². The third kappa shape index (κ3) is 2.65. The van der Waals surface area contributed by atoms with Gasteiger partial charge in [-0.15, -0.1) is 0 Å². The maximum atomic E-state index is 12.2. The highest BCUT2D eigenvalue weighted by Gasteiger charge is 2.13. The van der Waals surface area contributed by atoms with E-state index >= 15 is 0 Å². The fourth-order valence-electron chi connectivity index (χ4n) is 2.37. The van der Waals surface area contributed by atoms with Gasteiger partial charge in [-0.1, -0.05) is 24.3 Å². The zero-order valence-electron chi connectivity index (χ0n) is 12.4. The number of hydrogen-bond acceptors (Lipinski definition) is 3. The van der Waals surface area contributed by atoms with Crippen molar-refractivity contribution < 1.29 is 9.21 Å². The molecule has 0 bridgehead atoms. The van der Waals surface area contributed by atoms with Gasteiger partial charge in [0.15, 0.2) is 5.58 Å². The molecular weight excluding hydrogens is 280 g/mol. The summed E-state index contributed by atoms with van der Waals surface area (Å²) in [5.74, 6) is -0.792. The second-order valence-electron chi connectivity index (χ2n) is 5.29. The number of anilines is 1. The fraction of sp³-hybridized carbons (Fsp3) is 0.176. The van der Waals surface area contributed by atoms with Crippen molar-refractivity contribution in [3.8, 4) is 0 Å². The van der Waals surface area contributed by atoms with Gasteiger partial charge < -0.3 is 9.73 Å². The van der Waals surface area contributed by atoms with E-state index in [0.717, 1.165) is 16.8 Å². The number of fused-ring (bicyclic) bond motifs is 1. The Morgan fingerprint density at radius 3 is 2.77 bits per heavy atom. The molecule has 2 aromatic carbocycles. The summed E-state index contributed by atoms with van der Waals surface area (Å²) in [4.78, 5) is 24.1. The number of carbonyl (C=O) groups is 1. The fourth-order valence-corrected chi connectivity index (χ4v) is 2.37. The summed E-state index contributed by atoms with van der Waals surface area (Å²) >= 11 is 0. The molecule has 0 aliphatic rings. The van der Waals surface area contributed by atoms with Gasteiger partial charge in [-0.05, 0) is 43.2 Å². The van der Waals surface area contributed by atoms with Crippen LogP contribution in [-0.2, 0) is 11.3 Å². The average molecular weight is 296 g/mol. The molecule has 3 rings (SSSR count). The molecule has 0 unspecified atom stereocenters. The Hall–Kier alpha value is -2.82. The number of amides is 1. The number of carbonyl (C=O) groups excluding carboxylic acids is 1. The number of oxazole rings is 1. The van der Waals surface area contributed by atoms with E-state index in [2.05, 4.69) is 5.32 Å². The molecule has 1 amide bonds. The lowest BCUT2D eigenvalue weighted by molar-refractivity contribution is -0.116. The van der Waals surface area contributed by atoms with Crippen LogP contribution in [0.5, 0.6) is 0 Å². The van der Waals surface area contributed by atoms with Gasteiger partial charge in [0, 0.05) is 5.69 Å². The lowest BCUT2D eigenvalue weighted by atomic mass is 10.1. The third-order valence-electron chi connectivity index (χ3n) is 3.54. The molecule has 1 aromatic heterocycles. The van der Waals surface area contributed by atoms with E-state index in [0.29, 0.717) is 11.1 Å². The van der Waals surface area contributed by atoms with Gasteiger partial charge in [-0.3, -0.25) is 9.36 Å². The van der Waals surface area contributed by atoms with Crippen molar-refractivity contribution in [1.29, 1.82) is 0 Å². The summed E-state index contributed by atoms with van der Waals surface area (Å²) in [5, 5.41) is 2.84. The number of nitrogens with zero attached hydrogens (tertiary/aromatic N) is 1. The van der Waals surface area contributed by atoms with Crippen LogP contribution in [0.1, 0.15) is 11.1 Å². The van der Waals surface area contributed by atoms with Crippen LogP contribution in [0.2, 0.25) is 0 Å². The van der Waals surface area contributed by atoms with E-state index in [1.807, 2.05) is 32.0 Å². The molecule has 0 fully saturated rings. The van der Waals surface area contributed by atoms with Gasteiger partial charge in [0.05, 0.1) is 5.52 Å². The largest absolute Gasteiger partial charge is 0.420 e. The number of aryl methyl sites for hydroxylation is 2. The van der Waals surface area contributed by atoms with Gasteiger partial charge in [0.25, 0.3) is 0 Å². The maximum absolute atomic E-state index is 12.2. The quantitative estimate of drug-likeness (QED) is 0.808. The van der Waals surface area contributed by atoms with Crippen LogP contribution in [0, 0.1) is 13.8 Å². The minimum atomic E-state index is -0.530. The van der Waals surface area contributed by atoms with Crippen LogP contribution < -0.4 is 11.1 Å². The van der Waals surface area contributed by atoms with Crippen LogP contribution in [0.15, 0.2) is 51.7 Å². The maximum Gasteiger partial charge on any atom is 0.420 e. The number of hydrogen-bond donors (Lipinski definition) is 1. The molecule has 1 N–H and O–H groups in total. The molecule has 0 aliphatic carbocycles. The Labute approximate surface area is 127 Å². The Morgan fingerprint density at radius 1 is 1.18 bits per heavy atom. The molecule has 3 aromatic rings. The lowest BCUT2D eigenvalue weighted by Gasteiger charge is -2.09. The van der Waals surface area contributed by atoms with Crippen molar-refractivity contribution in [2.24, 2.45) is 0 Å². The summed E-state index contributed by atoms with van der Waals surface area (Å²) < 4.78 is 6.45. The summed E-state index contributed by atoms with van der Waals surface area (Å²) in [6, 6.07) is 12.9. The number of rotatable bonds is 3. The molecule has 112 valence electrons. The molecule has 5 heteroatoms. The first kappa shape index (κ1) is 14.1. The highest BCUT2D eigenvalue weighted by molar-refractivity contribution is 5.92. The summed E-state index contributed by atoms with van der Waals surface area (Å²) in [6.45, 7) is 3.81. The SMILES string of the molecule is Cc1ccc(C)c(NC(=O)Cn2c(=O)oc3ccccc32)c1. The van der Waals surface area contributed by atoms with E-state index in [-0.39, 0.29) is 12.5 Å². The predicted molar refractivity (Wildman–Crippen MR) is 85.0 cm³/mol. The van der Waals surface area contributed by atoms with Crippen LogP contribution in [0.4, 0.5) is 5.69 Å². The predicted octanol–water partition coefficient (Wildman–Crippen LogP) is 2.85. The van der Waals surface area contributed by atoms with E-state index in [1.54, 1.807) is 24.3 Å². The van der Waals surface area contributed by atoms with E-state index in [9.17, 15) is 9.59 Å². The monoisotopic (exact) mass is 296 g/mol. The summed E-state index contributed by atoms with van der Waals surface area (Å²) in [6.07, 6.45) is 0. The second kappa shape index (κ2) is 5.52. The van der Waals surface area contributed by atoms with Crippen molar-refractivity contribution >= 4 is 22.7 Å². The molecule has 22 heavy (non-hydrogen) atoms. The molecule has 0 saturated carbocycles. The van der Waals surface area contributed by atoms with Gasteiger partial charge in [-0.2, -0.15) is 0 Å². The smallest absolute Gasteiger partial charge is 0.408 e. The molecule has 0 saturated heterocycles. The van der Waals surface area contributed by atoms with Gasteiger partial charge in [0.1, 0.15) is 6.54 Å². The minimum Gasteiger partial charge on any atom is -0.408 e. The minimum absolute atomic E-state index is 0.0801. The van der Waals surface area contributed by atoms with Gasteiger partial charge in [0.2, 0.25) is 5.91 Å². The van der Waals surface area contributed by atoms with Crippen molar-refractivity contribution in [3.05, 3.63) is 64.1 Å². The standard InChI is InChI=1S/C17H16N2O3/c1-11-7-8-12(2)13(9-11)18-16(20)10-19-14-5-3-4-6-15(14)22-17(19)21/h3-9H,10H2,1-2H3,(H,18,20). The number of para-hydroxylation sites is 2. The lowest BCUT2D eigenvalue weighted by Crippen LogP contribution is -2.25. The van der Waals surface area contributed by atoms with E-state index < -0.39 is 5.76 Å². The van der Waals surface area contributed by atoms with E-state index in [4.69, 9.17) is 4.42 Å². The Balaban J connectivity index is 1.86. The average Bonchev–Trinajstić information content (AvgIpc) is 2.79. The molecule has 0 radical (unpaired) electrons. The molecule has 5 nitrogen and oxygen atoms in total.